The van der Waals surface area contributed by atoms with E-state index >= 15 is 0 Å². The molecule has 0 aromatic rings. The maximum Gasteiger partial charge on any atom is 0.0981 e. The summed E-state index contributed by atoms with van der Waals surface area (Å²) in [6, 6.07) is 0. The number of hydrogen-bond donors (Lipinski definition) is 2. The number of rotatable bonds is 4. The van der Waals surface area contributed by atoms with Crippen molar-refractivity contribution in [2.24, 2.45) is 0 Å². The van der Waals surface area contributed by atoms with E-state index in [0.717, 1.165) is 12.0 Å². The second-order valence-electron chi connectivity index (χ2n) is 4.47. The lowest BCUT2D eigenvalue weighted by atomic mass is 9.97. The molecule has 17 heavy (non-hydrogen) atoms. The quantitative estimate of drug-likeness (QED) is 0.734. The summed E-state index contributed by atoms with van der Waals surface area (Å²) in [6.07, 6.45) is 13.1. The molecule has 0 bridgehead atoms. The molecule has 0 spiro atoms. The largest absolute Gasteiger partial charge is 0.393 e. The molecule has 0 amide bonds. The normalized spacial score (nSPS) is 22.0. The summed E-state index contributed by atoms with van der Waals surface area (Å²) in [7, 11) is 0. The molecule has 0 aliphatic heterocycles. The first-order valence-electron chi connectivity index (χ1n) is 6.15. The molecule has 94 valence electrons. The smallest absolute Gasteiger partial charge is 0.0981 e. The first-order valence-corrected chi connectivity index (χ1v) is 6.15. The van der Waals surface area contributed by atoms with E-state index in [0.29, 0.717) is 0 Å². The summed E-state index contributed by atoms with van der Waals surface area (Å²) in [5.74, 6) is 0. The highest BCUT2D eigenvalue weighted by Crippen LogP contribution is 2.20. The lowest BCUT2D eigenvalue weighted by Crippen LogP contribution is -2.12. The molecule has 0 aromatic heterocycles. The van der Waals surface area contributed by atoms with Gasteiger partial charge < -0.3 is 10.2 Å². The second kappa shape index (κ2) is 7.25. The minimum Gasteiger partial charge on any atom is -0.393 e. The van der Waals surface area contributed by atoms with Gasteiger partial charge in [0, 0.05) is 0 Å². The molecule has 0 aromatic carbocycles. The van der Waals surface area contributed by atoms with Gasteiger partial charge in [0.05, 0.1) is 12.7 Å². The van der Waals surface area contributed by atoms with Crippen LogP contribution in [0, 0.1) is 0 Å². The molecule has 0 heterocycles. The van der Waals surface area contributed by atoms with E-state index in [1.807, 2.05) is 19.1 Å². The Morgan fingerprint density at radius 1 is 1.47 bits per heavy atom. The zero-order chi connectivity index (χ0) is 12.7. The van der Waals surface area contributed by atoms with Gasteiger partial charge in [-0.05, 0) is 49.8 Å². The molecule has 1 aliphatic carbocycles. The Bertz CT molecular complexity index is 359. The first-order chi connectivity index (χ1) is 8.15. The lowest BCUT2D eigenvalue weighted by Gasteiger charge is -2.09. The average molecular weight is 234 g/mol. The predicted octanol–water partition coefficient (Wildman–Crippen LogP) is 2.90. The van der Waals surface area contributed by atoms with Gasteiger partial charge in [0.1, 0.15) is 0 Å². The molecule has 1 rings (SSSR count). The highest BCUT2D eigenvalue weighted by atomic mass is 16.3. The van der Waals surface area contributed by atoms with E-state index in [-0.39, 0.29) is 6.61 Å². The summed E-state index contributed by atoms with van der Waals surface area (Å²) in [5, 5.41) is 18.1. The molecule has 0 radical (unpaired) electrons. The van der Waals surface area contributed by atoms with Crippen LogP contribution in [-0.2, 0) is 0 Å². The summed E-state index contributed by atoms with van der Waals surface area (Å²) >= 11 is 0. The zero-order valence-electron chi connectivity index (χ0n) is 10.7. The Morgan fingerprint density at radius 2 is 2.24 bits per heavy atom. The fourth-order valence-corrected chi connectivity index (χ4v) is 1.75. The average Bonchev–Trinajstić information content (AvgIpc) is 2.38. The Labute approximate surface area is 104 Å². The van der Waals surface area contributed by atoms with E-state index < -0.39 is 6.10 Å². The van der Waals surface area contributed by atoms with Crippen molar-refractivity contribution in [3.05, 3.63) is 47.1 Å². The summed E-state index contributed by atoms with van der Waals surface area (Å²) in [6.45, 7) is 3.69. The van der Waals surface area contributed by atoms with Crippen molar-refractivity contribution in [3.8, 4) is 0 Å². The third kappa shape index (κ3) is 4.72. The molecule has 2 heteroatoms. The van der Waals surface area contributed by atoms with Crippen LogP contribution in [0.5, 0.6) is 0 Å². The third-order valence-corrected chi connectivity index (χ3v) is 3.05. The fourth-order valence-electron chi connectivity index (χ4n) is 1.75. The first kappa shape index (κ1) is 13.9. The van der Waals surface area contributed by atoms with Crippen molar-refractivity contribution in [3.63, 3.8) is 0 Å². The van der Waals surface area contributed by atoms with Crippen molar-refractivity contribution in [1.29, 1.82) is 0 Å². The molecule has 0 fully saturated rings. The minimum atomic E-state index is -0.748. The number of aliphatic hydroxyl groups is 2. The van der Waals surface area contributed by atoms with Crippen LogP contribution in [0.3, 0.4) is 0 Å². The van der Waals surface area contributed by atoms with Crippen molar-refractivity contribution in [2.75, 3.05) is 6.61 Å². The van der Waals surface area contributed by atoms with Gasteiger partial charge in [-0.25, -0.2) is 0 Å². The van der Waals surface area contributed by atoms with Gasteiger partial charge in [-0.1, -0.05) is 30.4 Å². The molecule has 0 saturated carbocycles. The van der Waals surface area contributed by atoms with Gasteiger partial charge in [-0.2, -0.15) is 0 Å². The highest BCUT2D eigenvalue weighted by molar-refractivity contribution is 5.34. The van der Waals surface area contributed by atoms with Crippen molar-refractivity contribution in [1.82, 2.24) is 0 Å². The topological polar surface area (TPSA) is 40.5 Å². The lowest BCUT2D eigenvalue weighted by molar-refractivity contribution is 0.122. The molecule has 0 saturated heterocycles. The van der Waals surface area contributed by atoms with Crippen molar-refractivity contribution < 1.29 is 10.2 Å². The van der Waals surface area contributed by atoms with Gasteiger partial charge in [-0.15, -0.1) is 0 Å². The number of aliphatic hydroxyl groups excluding tert-OH is 2. The zero-order valence-corrected chi connectivity index (χ0v) is 10.7. The Balaban J connectivity index is 2.65. The summed E-state index contributed by atoms with van der Waals surface area (Å²) in [5.41, 5.74) is 3.44. The van der Waals surface area contributed by atoms with Crippen LogP contribution >= 0.6 is 0 Å². The van der Waals surface area contributed by atoms with Gasteiger partial charge >= 0.3 is 0 Å². The van der Waals surface area contributed by atoms with Gasteiger partial charge in [0.15, 0.2) is 0 Å². The van der Waals surface area contributed by atoms with Crippen molar-refractivity contribution in [2.45, 2.75) is 39.2 Å². The molecule has 1 aliphatic rings. The highest BCUT2D eigenvalue weighted by Gasteiger charge is 2.02. The Morgan fingerprint density at radius 3 is 2.82 bits per heavy atom. The van der Waals surface area contributed by atoms with E-state index in [9.17, 15) is 5.11 Å². The molecular weight excluding hydrogens is 212 g/mol. The van der Waals surface area contributed by atoms with E-state index in [2.05, 4.69) is 25.2 Å². The second-order valence-corrected chi connectivity index (χ2v) is 4.47. The van der Waals surface area contributed by atoms with Crippen LogP contribution in [0.15, 0.2) is 47.1 Å². The predicted molar refractivity (Wildman–Crippen MR) is 71.7 cm³/mol. The van der Waals surface area contributed by atoms with E-state index in [4.69, 9.17) is 5.11 Å². The van der Waals surface area contributed by atoms with Gasteiger partial charge in [0.25, 0.3) is 0 Å². The van der Waals surface area contributed by atoms with Crippen LogP contribution in [0.1, 0.15) is 33.1 Å². The summed E-state index contributed by atoms with van der Waals surface area (Å²) < 4.78 is 0. The molecule has 0 unspecified atom stereocenters. The third-order valence-electron chi connectivity index (χ3n) is 3.05. The molecule has 2 N–H and O–H groups in total. The minimum absolute atomic E-state index is 0.223. The SMILES string of the molecule is C\C(=C/C=C/C(C)=C1/C=CCCC1)[C@H](O)CO. The van der Waals surface area contributed by atoms with Crippen LogP contribution < -0.4 is 0 Å². The van der Waals surface area contributed by atoms with Gasteiger partial charge in [-0.3, -0.25) is 0 Å². The summed E-state index contributed by atoms with van der Waals surface area (Å²) in [4.78, 5) is 0. The Hall–Kier alpha value is -1.12. The molecule has 1 atom stereocenters. The Kier molecular flexibility index (Phi) is 5.95. The van der Waals surface area contributed by atoms with Crippen LogP contribution in [0.2, 0.25) is 0 Å². The van der Waals surface area contributed by atoms with Crippen LogP contribution in [0.25, 0.3) is 0 Å². The number of hydrogen-bond acceptors (Lipinski definition) is 2. The van der Waals surface area contributed by atoms with Crippen LogP contribution in [-0.4, -0.2) is 22.9 Å². The van der Waals surface area contributed by atoms with Crippen molar-refractivity contribution >= 4 is 0 Å². The fraction of sp³-hybridized carbons (Fsp3) is 0.467. The molecular formula is C15H22O2. The standard InChI is InChI=1S/C15H22O2/c1-12(14-9-4-3-5-10-14)7-6-8-13(2)15(17)11-16/h4,6-9,15-17H,3,5,10-11H2,1-2H3/b7-6+,13-8+,14-12-/t15-/m1/s1. The van der Waals surface area contributed by atoms with Crippen LogP contribution in [0.4, 0.5) is 0 Å². The maximum absolute atomic E-state index is 9.37. The van der Waals surface area contributed by atoms with E-state index in [1.165, 1.54) is 24.0 Å². The van der Waals surface area contributed by atoms with E-state index in [1.54, 1.807) is 0 Å². The monoisotopic (exact) mass is 234 g/mol. The molecule has 2 nitrogen and oxygen atoms in total. The number of allylic oxidation sites excluding steroid dienone is 7. The van der Waals surface area contributed by atoms with Gasteiger partial charge in [0.2, 0.25) is 0 Å². The maximum atomic E-state index is 9.37.